The van der Waals surface area contributed by atoms with Crippen LogP contribution in [0, 0.1) is 0 Å². The molecule has 2 rings (SSSR count). The minimum absolute atomic E-state index is 0.0619. The molecule has 2 amide bonds. The lowest BCUT2D eigenvalue weighted by Crippen LogP contribution is -2.37. The molecular formula is C16H17BrN2O3. The second-order valence-corrected chi connectivity index (χ2v) is 5.70. The SMILES string of the molecule is CC(=O)N(CCNC(=O)c1cccc(Br)c1)Cc1ccco1. The van der Waals surface area contributed by atoms with E-state index in [1.54, 1.807) is 35.4 Å². The van der Waals surface area contributed by atoms with Gasteiger partial charge in [0.1, 0.15) is 5.76 Å². The normalized spacial score (nSPS) is 10.3. The van der Waals surface area contributed by atoms with Gasteiger partial charge in [-0.3, -0.25) is 9.59 Å². The summed E-state index contributed by atoms with van der Waals surface area (Å²) in [6.07, 6.45) is 1.57. The highest BCUT2D eigenvalue weighted by Gasteiger charge is 2.12. The van der Waals surface area contributed by atoms with Gasteiger partial charge in [-0.1, -0.05) is 22.0 Å². The first-order valence-corrected chi connectivity index (χ1v) is 7.67. The molecule has 5 nitrogen and oxygen atoms in total. The van der Waals surface area contributed by atoms with Gasteiger partial charge >= 0.3 is 0 Å². The summed E-state index contributed by atoms with van der Waals surface area (Å²) in [5, 5.41) is 2.81. The van der Waals surface area contributed by atoms with Crippen molar-refractivity contribution >= 4 is 27.7 Å². The molecule has 1 heterocycles. The number of rotatable bonds is 6. The summed E-state index contributed by atoms with van der Waals surface area (Å²) in [7, 11) is 0. The van der Waals surface area contributed by atoms with Crippen LogP contribution in [0.25, 0.3) is 0 Å². The third-order valence-corrected chi connectivity index (χ3v) is 3.62. The fourth-order valence-corrected chi connectivity index (χ4v) is 2.37. The predicted octanol–water partition coefficient (Wildman–Crippen LogP) is 2.82. The van der Waals surface area contributed by atoms with Crippen molar-refractivity contribution in [1.29, 1.82) is 0 Å². The Labute approximate surface area is 137 Å². The van der Waals surface area contributed by atoms with E-state index in [1.807, 2.05) is 12.1 Å². The quantitative estimate of drug-likeness (QED) is 0.856. The van der Waals surface area contributed by atoms with Crippen molar-refractivity contribution in [3.63, 3.8) is 0 Å². The van der Waals surface area contributed by atoms with Gasteiger partial charge in [0.2, 0.25) is 5.91 Å². The zero-order chi connectivity index (χ0) is 15.9. The lowest BCUT2D eigenvalue weighted by molar-refractivity contribution is -0.129. The molecule has 1 N–H and O–H groups in total. The van der Waals surface area contributed by atoms with Gasteiger partial charge in [-0.05, 0) is 30.3 Å². The molecule has 0 saturated heterocycles. The number of hydrogen-bond acceptors (Lipinski definition) is 3. The summed E-state index contributed by atoms with van der Waals surface area (Å²) in [5.74, 6) is 0.490. The summed E-state index contributed by atoms with van der Waals surface area (Å²) in [4.78, 5) is 25.3. The average molecular weight is 365 g/mol. The smallest absolute Gasteiger partial charge is 0.251 e. The molecule has 0 fully saturated rings. The molecular weight excluding hydrogens is 348 g/mol. The Bertz CT molecular complexity index is 641. The summed E-state index contributed by atoms with van der Waals surface area (Å²) < 4.78 is 6.09. The largest absolute Gasteiger partial charge is 0.467 e. The highest BCUT2D eigenvalue weighted by molar-refractivity contribution is 9.10. The number of furan rings is 1. The van der Waals surface area contributed by atoms with Crippen LogP contribution >= 0.6 is 15.9 Å². The third-order valence-electron chi connectivity index (χ3n) is 3.13. The highest BCUT2D eigenvalue weighted by Crippen LogP contribution is 2.11. The molecule has 116 valence electrons. The number of nitrogens with zero attached hydrogens (tertiary/aromatic N) is 1. The Kier molecular flexibility index (Phi) is 5.77. The Hall–Kier alpha value is -2.08. The van der Waals surface area contributed by atoms with Crippen molar-refractivity contribution in [2.45, 2.75) is 13.5 Å². The molecule has 0 aliphatic carbocycles. The zero-order valence-corrected chi connectivity index (χ0v) is 13.8. The van der Waals surface area contributed by atoms with Gasteiger partial charge in [-0.2, -0.15) is 0 Å². The topological polar surface area (TPSA) is 62.6 Å². The Morgan fingerprint density at radius 1 is 1.27 bits per heavy atom. The van der Waals surface area contributed by atoms with E-state index in [0.29, 0.717) is 31.0 Å². The summed E-state index contributed by atoms with van der Waals surface area (Å²) in [6, 6.07) is 10.8. The van der Waals surface area contributed by atoms with Crippen LogP contribution in [-0.4, -0.2) is 29.8 Å². The fraction of sp³-hybridized carbons (Fsp3) is 0.250. The minimum Gasteiger partial charge on any atom is -0.467 e. The van der Waals surface area contributed by atoms with Crippen LogP contribution in [0.4, 0.5) is 0 Å². The molecule has 0 aliphatic heterocycles. The van der Waals surface area contributed by atoms with E-state index >= 15 is 0 Å². The molecule has 0 radical (unpaired) electrons. The molecule has 6 heteroatoms. The average Bonchev–Trinajstić information content (AvgIpc) is 2.99. The standard InChI is InChI=1S/C16H17BrN2O3/c1-12(20)19(11-15-6-3-9-22-15)8-7-18-16(21)13-4-2-5-14(17)10-13/h2-6,9-10H,7-8,11H2,1H3,(H,18,21). The molecule has 0 spiro atoms. The van der Waals surface area contributed by atoms with Crippen LogP contribution in [-0.2, 0) is 11.3 Å². The van der Waals surface area contributed by atoms with Gasteiger partial charge in [0, 0.05) is 30.0 Å². The van der Waals surface area contributed by atoms with Crippen molar-refractivity contribution in [2.75, 3.05) is 13.1 Å². The fourth-order valence-electron chi connectivity index (χ4n) is 1.97. The van der Waals surface area contributed by atoms with E-state index in [9.17, 15) is 9.59 Å². The van der Waals surface area contributed by atoms with Crippen LogP contribution in [0.3, 0.4) is 0 Å². The van der Waals surface area contributed by atoms with E-state index in [-0.39, 0.29) is 11.8 Å². The van der Waals surface area contributed by atoms with Gasteiger partial charge < -0.3 is 14.6 Å². The highest BCUT2D eigenvalue weighted by atomic mass is 79.9. The second-order valence-electron chi connectivity index (χ2n) is 4.79. The molecule has 0 atom stereocenters. The van der Waals surface area contributed by atoms with Crippen molar-refractivity contribution < 1.29 is 14.0 Å². The lowest BCUT2D eigenvalue weighted by Gasteiger charge is -2.20. The van der Waals surface area contributed by atoms with E-state index in [4.69, 9.17) is 4.42 Å². The Morgan fingerprint density at radius 2 is 2.09 bits per heavy atom. The summed E-state index contributed by atoms with van der Waals surface area (Å²) in [6.45, 7) is 2.70. The zero-order valence-electron chi connectivity index (χ0n) is 12.2. The number of carbonyl (C=O) groups is 2. The van der Waals surface area contributed by atoms with E-state index in [2.05, 4.69) is 21.2 Å². The van der Waals surface area contributed by atoms with E-state index in [1.165, 1.54) is 6.92 Å². The Balaban J connectivity index is 1.85. The van der Waals surface area contributed by atoms with E-state index < -0.39 is 0 Å². The number of halogens is 1. The number of nitrogens with one attached hydrogen (secondary N) is 1. The van der Waals surface area contributed by atoms with Gasteiger partial charge in [0.25, 0.3) is 5.91 Å². The minimum atomic E-state index is -0.164. The first-order chi connectivity index (χ1) is 10.6. The van der Waals surface area contributed by atoms with Crippen molar-refractivity contribution in [3.8, 4) is 0 Å². The molecule has 1 aromatic carbocycles. The van der Waals surface area contributed by atoms with Crippen molar-refractivity contribution in [3.05, 3.63) is 58.5 Å². The van der Waals surface area contributed by atoms with Crippen LogP contribution in [0.15, 0.2) is 51.6 Å². The lowest BCUT2D eigenvalue weighted by atomic mass is 10.2. The number of benzene rings is 1. The van der Waals surface area contributed by atoms with Crippen LogP contribution < -0.4 is 5.32 Å². The van der Waals surface area contributed by atoms with Crippen LogP contribution in [0.2, 0.25) is 0 Å². The summed E-state index contributed by atoms with van der Waals surface area (Å²) in [5.41, 5.74) is 0.579. The molecule has 22 heavy (non-hydrogen) atoms. The van der Waals surface area contributed by atoms with Crippen LogP contribution in [0.1, 0.15) is 23.0 Å². The van der Waals surface area contributed by atoms with Gasteiger partial charge in [-0.25, -0.2) is 0 Å². The molecule has 0 aliphatic rings. The van der Waals surface area contributed by atoms with Gasteiger partial charge in [0.15, 0.2) is 0 Å². The third kappa shape index (κ3) is 4.73. The molecule has 0 saturated carbocycles. The number of amides is 2. The molecule has 0 unspecified atom stereocenters. The number of carbonyl (C=O) groups excluding carboxylic acids is 2. The summed E-state index contributed by atoms with van der Waals surface area (Å²) >= 11 is 3.33. The monoisotopic (exact) mass is 364 g/mol. The first kappa shape index (κ1) is 16.3. The molecule has 2 aromatic rings. The van der Waals surface area contributed by atoms with E-state index in [0.717, 1.165) is 4.47 Å². The predicted molar refractivity (Wildman–Crippen MR) is 86.3 cm³/mol. The first-order valence-electron chi connectivity index (χ1n) is 6.88. The Morgan fingerprint density at radius 3 is 2.73 bits per heavy atom. The molecule has 0 bridgehead atoms. The van der Waals surface area contributed by atoms with Crippen molar-refractivity contribution in [2.24, 2.45) is 0 Å². The van der Waals surface area contributed by atoms with Crippen LogP contribution in [0.5, 0.6) is 0 Å². The maximum atomic E-state index is 12.0. The molecule has 1 aromatic heterocycles. The maximum absolute atomic E-state index is 12.0. The van der Waals surface area contributed by atoms with Crippen molar-refractivity contribution in [1.82, 2.24) is 10.2 Å². The van der Waals surface area contributed by atoms with Gasteiger partial charge in [0.05, 0.1) is 12.8 Å². The maximum Gasteiger partial charge on any atom is 0.251 e. The number of hydrogen-bond donors (Lipinski definition) is 1. The second kappa shape index (κ2) is 7.79. The van der Waals surface area contributed by atoms with Gasteiger partial charge in [-0.15, -0.1) is 0 Å².